The van der Waals surface area contributed by atoms with Crippen LogP contribution >= 0.6 is 0 Å². The molecule has 0 spiro atoms. The van der Waals surface area contributed by atoms with Gasteiger partial charge in [-0.05, 0) is 36.4 Å². The lowest BCUT2D eigenvalue weighted by atomic mass is 10.2. The molecule has 0 atom stereocenters. The molecule has 5 rings (SSSR count). The molecule has 0 bridgehead atoms. The van der Waals surface area contributed by atoms with Gasteiger partial charge >= 0.3 is 5.69 Å². The Bertz CT molecular complexity index is 1290. The van der Waals surface area contributed by atoms with Crippen LogP contribution in [0.5, 0.6) is 11.5 Å². The minimum absolute atomic E-state index is 0.0533. The SMILES string of the molecule is O=[N+]([O-])c1c(Nc2ccc3c(c2)OCCO3)ncnc1Nc1cccc2ncccc12. The van der Waals surface area contributed by atoms with E-state index in [-0.39, 0.29) is 17.3 Å². The van der Waals surface area contributed by atoms with Crippen molar-refractivity contribution in [3.8, 4) is 11.5 Å². The summed E-state index contributed by atoms with van der Waals surface area (Å²) in [5, 5.41) is 18.8. The molecule has 0 fully saturated rings. The highest BCUT2D eigenvalue weighted by Gasteiger charge is 2.24. The number of hydrogen-bond acceptors (Lipinski definition) is 9. The number of benzene rings is 2. The van der Waals surface area contributed by atoms with E-state index in [0.717, 1.165) is 10.9 Å². The van der Waals surface area contributed by atoms with Crippen LogP contribution in [0.1, 0.15) is 0 Å². The summed E-state index contributed by atoms with van der Waals surface area (Å²) >= 11 is 0. The molecule has 2 aromatic carbocycles. The summed E-state index contributed by atoms with van der Waals surface area (Å²) < 4.78 is 11.1. The maximum Gasteiger partial charge on any atom is 0.353 e. The van der Waals surface area contributed by atoms with Crippen molar-refractivity contribution in [2.75, 3.05) is 23.8 Å². The van der Waals surface area contributed by atoms with Gasteiger partial charge in [0.05, 0.1) is 10.4 Å². The molecule has 2 N–H and O–H groups in total. The van der Waals surface area contributed by atoms with Crippen LogP contribution in [-0.4, -0.2) is 33.1 Å². The fourth-order valence-corrected chi connectivity index (χ4v) is 3.33. The van der Waals surface area contributed by atoms with Crippen molar-refractivity contribution in [3.63, 3.8) is 0 Å². The molecule has 154 valence electrons. The number of fused-ring (bicyclic) bond motifs is 2. The average Bonchev–Trinajstić information content (AvgIpc) is 2.79. The molecule has 3 heterocycles. The summed E-state index contributed by atoms with van der Waals surface area (Å²) in [5.41, 5.74) is 1.71. The average molecular weight is 416 g/mol. The molecular weight excluding hydrogens is 400 g/mol. The molecule has 0 saturated heterocycles. The number of anilines is 4. The fraction of sp³-hybridized carbons (Fsp3) is 0.0952. The second kappa shape index (κ2) is 7.75. The normalized spacial score (nSPS) is 12.4. The van der Waals surface area contributed by atoms with Crippen molar-refractivity contribution < 1.29 is 14.4 Å². The number of aromatic nitrogens is 3. The van der Waals surface area contributed by atoms with Gasteiger partial charge in [-0.3, -0.25) is 15.1 Å². The van der Waals surface area contributed by atoms with Crippen LogP contribution in [0.3, 0.4) is 0 Å². The number of nitro groups is 1. The number of ether oxygens (including phenoxy) is 2. The molecule has 0 saturated carbocycles. The van der Waals surface area contributed by atoms with E-state index in [1.54, 1.807) is 30.5 Å². The standard InChI is InChI=1S/C21H16N6O4/c28-27(29)19-20(25-13-6-7-17-18(11-13)31-10-9-30-17)23-12-24-21(19)26-16-5-1-4-15-14(16)3-2-8-22-15/h1-8,11-12H,9-10H2,(H2,23,24,25,26). The van der Waals surface area contributed by atoms with Gasteiger partial charge in [0.25, 0.3) is 0 Å². The third kappa shape index (κ3) is 3.62. The van der Waals surface area contributed by atoms with Gasteiger partial charge in [-0.2, -0.15) is 0 Å². The molecule has 10 heteroatoms. The predicted molar refractivity (Wildman–Crippen MR) is 114 cm³/mol. The first-order valence-electron chi connectivity index (χ1n) is 9.46. The van der Waals surface area contributed by atoms with Crippen LogP contribution in [0, 0.1) is 10.1 Å². The topological polar surface area (TPSA) is 124 Å². The fourth-order valence-electron chi connectivity index (χ4n) is 3.33. The van der Waals surface area contributed by atoms with E-state index in [9.17, 15) is 10.1 Å². The molecule has 4 aromatic rings. The molecule has 0 unspecified atom stereocenters. The Labute approximate surface area is 176 Å². The summed E-state index contributed by atoms with van der Waals surface area (Å²) in [7, 11) is 0. The van der Waals surface area contributed by atoms with E-state index in [4.69, 9.17) is 9.47 Å². The summed E-state index contributed by atoms with van der Waals surface area (Å²) in [4.78, 5) is 23.9. The molecule has 0 radical (unpaired) electrons. The van der Waals surface area contributed by atoms with Crippen molar-refractivity contribution in [2.45, 2.75) is 0 Å². The van der Waals surface area contributed by atoms with E-state index in [1.165, 1.54) is 6.33 Å². The number of hydrogen-bond donors (Lipinski definition) is 2. The second-order valence-corrected chi connectivity index (χ2v) is 6.66. The molecule has 0 amide bonds. The minimum atomic E-state index is -0.522. The maximum absolute atomic E-state index is 11.9. The first-order valence-corrected chi connectivity index (χ1v) is 9.46. The van der Waals surface area contributed by atoms with Gasteiger partial charge < -0.3 is 20.1 Å². The lowest BCUT2D eigenvalue weighted by Gasteiger charge is -2.19. The Hall–Kier alpha value is -4.47. The van der Waals surface area contributed by atoms with Crippen molar-refractivity contribution in [1.29, 1.82) is 0 Å². The highest BCUT2D eigenvalue weighted by molar-refractivity contribution is 5.94. The van der Waals surface area contributed by atoms with E-state index >= 15 is 0 Å². The molecule has 0 aliphatic carbocycles. The highest BCUT2D eigenvalue weighted by atomic mass is 16.6. The van der Waals surface area contributed by atoms with Gasteiger partial charge in [-0.25, -0.2) is 9.97 Å². The molecular formula is C21H16N6O4. The van der Waals surface area contributed by atoms with Crippen LogP contribution in [0.15, 0.2) is 61.1 Å². The smallest absolute Gasteiger partial charge is 0.353 e. The summed E-state index contributed by atoms with van der Waals surface area (Å²) in [5.74, 6) is 1.31. The van der Waals surface area contributed by atoms with Crippen LogP contribution in [-0.2, 0) is 0 Å². The summed E-state index contributed by atoms with van der Waals surface area (Å²) in [6.07, 6.45) is 2.95. The first-order chi connectivity index (χ1) is 15.2. The quantitative estimate of drug-likeness (QED) is 0.364. The van der Waals surface area contributed by atoms with E-state index in [0.29, 0.717) is 36.1 Å². The minimum Gasteiger partial charge on any atom is -0.486 e. The van der Waals surface area contributed by atoms with Gasteiger partial charge in [0.1, 0.15) is 19.5 Å². The zero-order valence-corrected chi connectivity index (χ0v) is 16.1. The van der Waals surface area contributed by atoms with E-state index < -0.39 is 4.92 Å². The molecule has 1 aliphatic heterocycles. The van der Waals surface area contributed by atoms with Gasteiger partial charge in [0, 0.05) is 29.0 Å². The number of nitrogens with one attached hydrogen (secondary N) is 2. The van der Waals surface area contributed by atoms with Gasteiger partial charge in [-0.15, -0.1) is 0 Å². The number of rotatable bonds is 5. The lowest BCUT2D eigenvalue weighted by molar-refractivity contribution is -0.383. The highest BCUT2D eigenvalue weighted by Crippen LogP contribution is 2.37. The van der Waals surface area contributed by atoms with Crippen molar-refractivity contribution >= 4 is 39.6 Å². The van der Waals surface area contributed by atoms with Crippen molar-refractivity contribution in [3.05, 3.63) is 71.2 Å². The number of pyridine rings is 1. The summed E-state index contributed by atoms with van der Waals surface area (Å²) in [6, 6.07) is 14.4. The van der Waals surface area contributed by atoms with Crippen molar-refractivity contribution in [2.24, 2.45) is 0 Å². The van der Waals surface area contributed by atoms with E-state index in [1.807, 2.05) is 24.3 Å². The monoisotopic (exact) mass is 416 g/mol. The van der Waals surface area contributed by atoms with E-state index in [2.05, 4.69) is 25.6 Å². The molecule has 2 aromatic heterocycles. The Morgan fingerprint density at radius 2 is 1.71 bits per heavy atom. The third-order valence-electron chi connectivity index (χ3n) is 4.71. The van der Waals surface area contributed by atoms with Crippen LogP contribution < -0.4 is 20.1 Å². The zero-order chi connectivity index (χ0) is 21.2. The maximum atomic E-state index is 11.9. The van der Waals surface area contributed by atoms with Gasteiger partial charge in [-0.1, -0.05) is 6.07 Å². The van der Waals surface area contributed by atoms with Crippen LogP contribution in [0.4, 0.5) is 28.7 Å². The zero-order valence-electron chi connectivity index (χ0n) is 16.1. The van der Waals surface area contributed by atoms with Gasteiger partial charge in [0.15, 0.2) is 11.5 Å². The Balaban J connectivity index is 1.51. The van der Waals surface area contributed by atoms with Crippen molar-refractivity contribution in [1.82, 2.24) is 15.0 Å². The van der Waals surface area contributed by atoms with Gasteiger partial charge in [0.2, 0.25) is 11.6 Å². The summed E-state index contributed by atoms with van der Waals surface area (Å²) in [6.45, 7) is 0.925. The Morgan fingerprint density at radius 3 is 2.55 bits per heavy atom. The largest absolute Gasteiger partial charge is 0.486 e. The van der Waals surface area contributed by atoms with Crippen LogP contribution in [0.25, 0.3) is 10.9 Å². The number of nitrogens with zero attached hydrogens (tertiary/aromatic N) is 4. The van der Waals surface area contributed by atoms with Crippen LogP contribution in [0.2, 0.25) is 0 Å². The third-order valence-corrected chi connectivity index (χ3v) is 4.71. The molecule has 31 heavy (non-hydrogen) atoms. The Kier molecular flexibility index (Phi) is 4.64. The predicted octanol–water partition coefficient (Wildman–Crippen LogP) is 4.19. The lowest BCUT2D eigenvalue weighted by Crippen LogP contribution is -2.15. The molecule has 10 nitrogen and oxygen atoms in total. The molecule has 1 aliphatic rings. The second-order valence-electron chi connectivity index (χ2n) is 6.66. The Morgan fingerprint density at radius 1 is 0.903 bits per heavy atom. The first kappa shape index (κ1) is 18.6.